The van der Waals surface area contributed by atoms with Crippen LogP contribution in [0.15, 0.2) is 51.7 Å². The van der Waals surface area contributed by atoms with Crippen LogP contribution in [0.3, 0.4) is 0 Å². The van der Waals surface area contributed by atoms with Gasteiger partial charge in [-0.2, -0.15) is 17.6 Å². The molecule has 3 aromatic rings. The van der Waals surface area contributed by atoms with Crippen LogP contribution in [0.4, 0.5) is 22.0 Å². The Balaban J connectivity index is 2.05. The molecule has 2 aromatic carbocycles. The first-order valence-corrected chi connectivity index (χ1v) is 6.83. The fourth-order valence-corrected chi connectivity index (χ4v) is 2.10. The Morgan fingerprint density at radius 1 is 1.12 bits per heavy atom. The lowest BCUT2D eigenvalue weighted by Gasteiger charge is -2.17. The van der Waals surface area contributed by atoms with Crippen molar-refractivity contribution in [2.24, 2.45) is 0 Å². The first-order chi connectivity index (χ1) is 11.8. The largest absolute Gasteiger partial charge is 0.461 e. The maximum atomic E-state index is 13.6. The van der Waals surface area contributed by atoms with Crippen molar-refractivity contribution >= 4 is 10.9 Å². The number of alkyl halides is 4. The zero-order valence-corrected chi connectivity index (χ0v) is 12.2. The highest BCUT2D eigenvalue weighted by molar-refractivity contribution is 5.79. The van der Waals surface area contributed by atoms with E-state index in [1.807, 2.05) is 0 Å². The van der Waals surface area contributed by atoms with Gasteiger partial charge in [-0.25, -0.2) is 14.2 Å². The summed E-state index contributed by atoms with van der Waals surface area (Å²) in [7, 11) is 0. The Labute approximate surface area is 136 Å². The Morgan fingerprint density at radius 3 is 2.56 bits per heavy atom. The van der Waals surface area contributed by atoms with Crippen molar-refractivity contribution in [3.63, 3.8) is 0 Å². The van der Waals surface area contributed by atoms with Gasteiger partial charge in [0, 0.05) is 5.56 Å². The lowest BCUT2D eigenvalue weighted by atomic mass is 10.2. The monoisotopic (exact) mass is 357 g/mol. The van der Waals surface area contributed by atoms with E-state index in [0.717, 1.165) is 18.2 Å². The maximum Gasteiger partial charge on any atom is 0.461 e. The van der Waals surface area contributed by atoms with E-state index in [0.29, 0.717) is 0 Å². The van der Waals surface area contributed by atoms with Gasteiger partial charge in [-0.05, 0) is 30.3 Å². The minimum absolute atomic E-state index is 0.00418. The molecule has 3 rings (SSSR count). The number of halogens is 5. The third-order valence-corrected chi connectivity index (χ3v) is 3.20. The number of rotatable bonds is 4. The zero-order valence-electron chi connectivity index (χ0n) is 12.2. The maximum absolute atomic E-state index is 13.6. The van der Waals surface area contributed by atoms with Crippen molar-refractivity contribution in [3.05, 3.63) is 58.7 Å². The zero-order chi connectivity index (χ0) is 18.2. The second-order valence-electron chi connectivity index (χ2n) is 4.93. The predicted octanol–water partition coefficient (Wildman–Crippen LogP) is 4.23. The highest BCUT2D eigenvalue weighted by Crippen LogP contribution is 2.30. The van der Waals surface area contributed by atoms with E-state index in [1.54, 1.807) is 0 Å². The minimum Gasteiger partial charge on any atom is -0.428 e. The molecular weight excluding hydrogens is 349 g/mol. The second-order valence-corrected chi connectivity index (χ2v) is 4.93. The smallest absolute Gasteiger partial charge is 0.428 e. The van der Waals surface area contributed by atoms with Crippen LogP contribution >= 0.6 is 0 Å². The molecule has 1 heterocycles. The number of benzene rings is 2. The van der Waals surface area contributed by atoms with Crippen molar-refractivity contribution in [1.82, 2.24) is 4.98 Å². The number of ether oxygens (including phenoxy) is 1. The van der Waals surface area contributed by atoms with Crippen molar-refractivity contribution in [3.8, 4) is 17.2 Å². The standard InChI is InChI=1S/C16H8F5NO3/c17-10-5-2-6-11-12(10)14(23)24-13(22-11)8-3-1-4-9(7-8)25-16(20,21)15(18)19/h1-7,15H. The molecule has 0 saturated carbocycles. The van der Waals surface area contributed by atoms with Crippen LogP contribution < -0.4 is 10.4 Å². The van der Waals surface area contributed by atoms with Gasteiger partial charge in [-0.3, -0.25) is 0 Å². The van der Waals surface area contributed by atoms with Gasteiger partial charge < -0.3 is 9.15 Å². The summed E-state index contributed by atoms with van der Waals surface area (Å²) < 4.78 is 72.9. The summed E-state index contributed by atoms with van der Waals surface area (Å²) in [6.07, 6.45) is -8.70. The van der Waals surface area contributed by atoms with Crippen molar-refractivity contribution < 1.29 is 31.1 Å². The Hall–Kier alpha value is -2.97. The average molecular weight is 357 g/mol. The first kappa shape index (κ1) is 16.9. The highest BCUT2D eigenvalue weighted by atomic mass is 19.3. The van der Waals surface area contributed by atoms with Gasteiger partial charge in [-0.15, -0.1) is 0 Å². The van der Waals surface area contributed by atoms with Gasteiger partial charge in [0.1, 0.15) is 17.0 Å². The van der Waals surface area contributed by atoms with Crippen LogP contribution in [-0.4, -0.2) is 17.5 Å². The van der Waals surface area contributed by atoms with Gasteiger partial charge in [0.2, 0.25) is 5.89 Å². The van der Waals surface area contributed by atoms with E-state index in [-0.39, 0.29) is 22.4 Å². The van der Waals surface area contributed by atoms with Gasteiger partial charge in [0.05, 0.1) is 5.52 Å². The summed E-state index contributed by atoms with van der Waals surface area (Å²) in [4.78, 5) is 15.8. The molecule has 0 unspecified atom stereocenters. The van der Waals surface area contributed by atoms with Crippen LogP contribution in [0.2, 0.25) is 0 Å². The van der Waals surface area contributed by atoms with Crippen LogP contribution in [0.25, 0.3) is 22.4 Å². The molecule has 0 aliphatic heterocycles. The summed E-state index contributed by atoms with van der Waals surface area (Å²) in [5.41, 5.74) is -0.997. The van der Waals surface area contributed by atoms with Crippen LogP contribution in [0, 0.1) is 5.82 Å². The van der Waals surface area contributed by atoms with Crippen molar-refractivity contribution in [2.45, 2.75) is 12.5 Å². The molecule has 0 atom stereocenters. The quantitative estimate of drug-likeness (QED) is 0.656. The van der Waals surface area contributed by atoms with Gasteiger partial charge >= 0.3 is 18.2 Å². The van der Waals surface area contributed by atoms with Gasteiger partial charge in [0.15, 0.2) is 0 Å². The summed E-state index contributed by atoms with van der Waals surface area (Å²) in [6.45, 7) is 0. The predicted molar refractivity (Wildman–Crippen MR) is 77.3 cm³/mol. The van der Waals surface area contributed by atoms with E-state index >= 15 is 0 Å². The Bertz CT molecular complexity index is 987. The summed E-state index contributed by atoms with van der Waals surface area (Å²) in [6, 6.07) is 8.29. The molecule has 25 heavy (non-hydrogen) atoms. The van der Waals surface area contributed by atoms with E-state index in [4.69, 9.17) is 4.42 Å². The molecule has 0 N–H and O–H groups in total. The van der Waals surface area contributed by atoms with E-state index in [9.17, 15) is 26.7 Å². The molecule has 0 fully saturated rings. The number of fused-ring (bicyclic) bond motifs is 1. The summed E-state index contributed by atoms with van der Waals surface area (Å²) >= 11 is 0. The lowest BCUT2D eigenvalue weighted by Crippen LogP contribution is -2.33. The third-order valence-electron chi connectivity index (χ3n) is 3.20. The SMILES string of the molecule is O=c1oc(-c2cccc(OC(F)(F)C(F)F)c2)nc2cccc(F)c12. The summed E-state index contributed by atoms with van der Waals surface area (Å²) in [5, 5.41) is -0.358. The first-order valence-electron chi connectivity index (χ1n) is 6.83. The fourth-order valence-electron chi connectivity index (χ4n) is 2.10. The molecule has 0 aliphatic rings. The number of nitrogens with zero attached hydrogens (tertiary/aromatic N) is 1. The number of hydrogen-bond donors (Lipinski definition) is 0. The third kappa shape index (κ3) is 3.30. The number of hydrogen-bond acceptors (Lipinski definition) is 4. The minimum atomic E-state index is -4.68. The molecule has 4 nitrogen and oxygen atoms in total. The number of aromatic nitrogens is 1. The van der Waals surface area contributed by atoms with Crippen LogP contribution in [0.1, 0.15) is 0 Å². The lowest BCUT2D eigenvalue weighted by molar-refractivity contribution is -0.253. The molecule has 0 amide bonds. The van der Waals surface area contributed by atoms with Gasteiger partial charge in [-0.1, -0.05) is 12.1 Å². The normalized spacial score (nSPS) is 11.9. The molecule has 0 spiro atoms. The topological polar surface area (TPSA) is 52.3 Å². The van der Waals surface area contributed by atoms with Gasteiger partial charge in [0.25, 0.3) is 0 Å². The molecule has 9 heteroatoms. The molecule has 130 valence electrons. The highest BCUT2D eigenvalue weighted by Gasteiger charge is 2.44. The Morgan fingerprint density at radius 2 is 1.84 bits per heavy atom. The van der Waals surface area contributed by atoms with E-state index in [2.05, 4.69) is 9.72 Å². The van der Waals surface area contributed by atoms with E-state index < -0.39 is 29.7 Å². The van der Waals surface area contributed by atoms with Crippen LogP contribution in [-0.2, 0) is 0 Å². The van der Waals surface area contributed by atoms with Crippen molar-refractivity contribution in [2.75, 3.05) is 0 Å². The van der Waals surface area contributed by atoms with E-state index in [1.165, 1.54) is 24.3 Å². The molecule has 1 aromatic heterocycles. The molecule has 0 saturated heterocycles. The molecule has 0 bridgehead atoms. The van der Waals surface area contributed by atoms with Crippen molar-refractivity contribution in [1.29, 1.82) is 0 Å². The molecular formula is C16H8F5NO3. The summed E-state index contributed by atoms with van der Waals surface area (Å²) in [5.74, 6) is -1.69. The second kappa shape index (κ2) is 6.15. The van der Waals surface area contributed by atoms with Crippen LogP contribution in [0.5, 0.6) is 5.75 Å². The average Bonchev–Trinajstić information content (AvgIpc) is 2.54. The Kier molecular flexibility index (Phi) is 4.15. The molecule has 0 aliphatic carbocycles. The molecule has 0 radical (unpaired) electrons. The fraction of sp³-hybridized carbons (Fsp3) is 0.125.